The molecule has 0 amide bonds. The predicted molar refractivity (Wildman–Crippen MR) is 64.9 cm³/mol. The molecule has 3 aliphatic rings. The lowest BCUT2D eigenvalue weighted by molar-refractivity contribution is -0.124. The van der Waals surface area contributed by atoms with Crippen molar-refractivity contribution in [3.8, 4) is 0 Å². The second-order valence-corrected chi connectivity index (χ2v) is 4.96. The molecule has 0 unspecified atom stereocenters. The first-order valence-corrected chi connectivity index (χ1v) is 6.06. The molecule has 1 nitrogen and oxygen atoms in total. The van der Waals surface area contributed by atoms with Crippen LogP contribution in [0.3, 0.4) is 0 Å². The van der Waals surface area contributed by atoms with Gasteiger partial charge in [0.2, 0.25) is 0 Å². The molecule has 2 atom stereocenters. The molecule has 0 radical (unpaired) electrons. The fourth-order valence-electron chi connectivity index (χ4n) is 3.23. The van der Waals surface area contributed by atoms with Crippen molar-refractivity contribution in [2.24, 2.45) is 11.8 Å². The van der Waals surface area contributed by atoms with Crippen molar-refractivity contribution in [1.29, 1.82) is 0 Å². The van der Waals surface area contributed by atoms with Gasteiger partial charge in [-0.15, -0.1) is 0 Å². The van der Waals surface area contributed by atoms with E-state index in [-0.39, 0.29) is 5.92 Å². The van der Waals surface area contributed by atoms with Crippen LogP contribution in [0.25, 0.3) is 5.57 Å². The summed E-state index contributed by atoms with van der Waals surface area (Å²) in [5.74, 6) is 1.17. The van der Waals surface area contributed by atoms with E-state index >= 15 is 0 Å². The van der Waals surface area contributed by atoms with Gasteiger partial charge in [0.1, 0.15) is 5.78 Å². The molecule has 82 valence electrons. The highest BCUT2D eigenvalue weighted by molar-refractivity contribution is 5.97. The van der Waals surface area contributed by atoms with Crippen LogP contribution < -0.4 is 0 Å². The number of rotatable bonds is 1. The van der Waals surface area contributed by atoms with Crippen LogP contribution in [0.1, 0.15) is 31.7 Å². The Balaban J connectivity index is 2.13. The highest BCUT2D eigenvalue weighted by atomic mass is 16.1. The van der Waals surface area contributed by atoms with Gasteiger partial charge in [-0.05, 0) is 36.8 Å². The molecular formula is C15H16O. The van der Waals surface area contributed by atoms with Gasteiger partial charge in [-0.3, -0.25) is 4.79 Å². The van der Waals surface area contributed by atoms with Gasteiger partial charge in [0.25, 0.3) is 0 Å². The Morgan fingerprint density at radius 2 is 1.88 bits per heavy atom. The number of fused-ring (bicyclic) bond motifs is 2. The number of allylic oxidation sites excluding steroid dienone is 2. The zero-order valence-corrected chi connectivity index (χ0v) is 9.57. The Labute approximate surface area is 96.2 Å². The summed E-state index contributed by atoms with van der Waals surface area (Å²) < 4.78 is 0. The molecular weight excluding hydrogens is 196 g/mol. The summed E-state index contributed by atoms with van der Waals surface area (Å²) in [5, 5.41) is 0. The molecule has 0 aromatic heterocycles. The fraction of sp³-hybridized carbons (Fsp3) is 0.400. The third-order valence-electron chi connectivity index (χ3n) is 4.11. The number of hydrogen-bond acceptors (Lipinski definition) is 1. The van der Waals surface area contributed by atoms with E-state index in [2.05, 4.69) is 31.2 Å². The number of benzene rings is 1. The molecule has 0 heterocycles. The van der Waals surface area contributed by atoms with Crippen LogP contribution in [0.2, 0.25) is 0 Å². The first-order valence-electron chi connectivity index (χ1n) is 6.06. The molecule has 0 aliphatic heterocycles. The maximum atomic E-state index is 12.0. The Morgan fingerprint density at radius 1 is 1.12 bits per heavy atom. The van der Waals surface area contributed by atoms with Gasteiger partial charge in [0.15, 0.2) is 0 Å². The summed E-state index contributed by atoms with van der Waals surface area (Å²) in [6.07, 6.45) is 3.05. The number of hydrogen-bond donors (Lipinski definition) is 0. The zero-order valence-electron chi connectivity index (χ0n) is 9.57. The first kappa shape index (κ1) is 9.83. The Morgan fingerprint density at radius 3 is 2.56 bits per heavy atom. The number of carbonyl (C=O) groups excluding carboxylic acids is 1. The minimum atomic E-state index is 0.187. The largest absolute Gasteiger partial charge is 0.299 e. The standard InChI is InChI=1S/C15H16O/c1-10-12-7-8-13(14(16)9-12)15(10)11-5-3-2-4-6-11/h2-6,12-13H,7-9H2,1H3/t12-,13+/m1/s1. The fourth-order valence-corrected chi connectivity index (χ4v) is 3.23. The van der Waals surface area contributed by atoms with Crippen LogP contribution in [0.4, 0.5) is 0 Å². The van der Waals surface area contributed by atoms with Crippen LogP contribution in [0.5, 0.6) is 0 Å². The number of Topliss-reactive ketones (excluding diaryl/α,β-unsaturated/α-hetero) is 1. The van der Waals surface area contributed by atoms with Gasteiger partial charge in [-0.2, -0.15) is 0 Å². The van der Waals surface area contributed by atoms with E-state index < -0.39 is 0 Å². The molecule has 1 aromatic carbocycles. The van der Waals surface area contributed by atoms with Gasteiger partial charge in [0, 0.05) is 12.3 Å². The normalized spacial score (nSPS) is 28.7. The third-order valence-corrected chi connectivity index (χ3v) is 4.11. The Kier molecular flexibility index (Phi) is 2.20. The van der Waals surface area contributed by atoms with Crippen molar-refractivity contribution >= 4 is 11.4 Å². The minimum absolute atomic E-state index is 0.187. The predicted octanol–water partition coefficient (Wildman–Crippen LogP) is 3.46. The molecule has 2 bridgehead atoms. The van der Waals surface area contributed by atoms with Crippen molar-refractivity contribution in [3.05, 3.63) is 41.5 Å². The SMILES string of the molecule is CC1=C(c2ccccc2)[C@H]2CC[C@@H]1CC2=O. The molecule has 0 N–H and O–H groups in total. The molecule has 1 heteroatoms. The maximum absolute atomic E-state index is 12.0. The van der Waals surface area contributed by atoms with E-state index in [0.717, 1.165) is 12.8 Å². The van der Waals surface area contributed by atoms with E-state index in [1.54, 1.807) is 0 Å². The van der Waals surface area contributed by atoms with Gasteiger partial charge in [-0.1, -0.05) is 35.9 Å². The zero-order chi connectivity index (χ0) is 11.1. The Hall–Kier alpha value is -1.37. The van der Waals surface area contributed by atoms with Gasteiger partial charge in [0.05, 0.1) is 0 Å². The molecule has 1 fully saturated rings. The summed E-state index contributed by atoms with van der Waals surface area (Å²) in [6, 6.07) is 10.4. The average molecular weight is 212 g/mol. The van der Waals surface area contributed by atoms with Gasteiger partial charge >= 0.3 is 0 Å². The summed E-state index contributed by atoms with van der Waals surface area (Å²) in [6.45, 7) is 2.21. The highest BCUT2D eigenvalue weighted by Gasteiger charge is 2.39. The van der Waals surface area contributed by atoms with Crippen LogP contribution in [-0.4, -0.2) is 5.78 Å². The molecule has 3 aliphatic carbocycles. The van der Waals surface area contributed by atoms with E-state index in [9.17, 15) is 4.79 Å². The third kappa shape index (κ3) is 1.35. The summed E-state index contributed by atoms with van der Waals surface area (Å²) >= 11 is 0. The Bertz CT molecular complexity index is 456. The smallest absolute Gasteiger partial charge is 0.140 e. The van der Waals surface area contributed by atoms with Crippen LogP contribution in [-0.2, 0) is 4.79 Å². The lowest BCUT2D eigenvalue weighted by Gasteiger charge is -2.38. The first-order chi connectivity index (χ1) is 7.77. The van der Waals surface area contributed by atoms with Crippen molar-refractivity contribution in [2.45, 2.75) is 26.2 Å². The lowest BCUT2D eigenvalue weighted by atomic mass is 9.65. The molecule has 0 saturated heterocycles. The number of ketones is 1. The van der Waals surface area contributed by atoms with E-state index in [0.29, 0.717) is 11.7 Å². The van der Waals surface area contributed by atoms with Gasteiger partial charge in [-0.25, -0.2) is 0 Å². The van der Waals surface area contributed by atoms with Crippen LogP contribution in [0, 0.1) is 11.8 Å². The van der Waals surface area contributed by atoms with Crippen molar-refractivity contribution in [3.63, 3.8) is 0 Å². The van der Waals surface area contributed by atoms with E-state index in [1.165, 1.54) is 23.1 Å². The summed E-state index contributed by atoms with van der Waals surface area (Å²) in [5.41, 5.74) is 4.04. The monoisotopic (exact) mass is 212 g/mol. The summed E-state index contributed by atoms with van der Waals surface area (Å²) in [7, 11) is 0. The second kappa shape index (κ2) is 3.58. The average Bonchev–Trinajstić information content (AvgIpc) is 2.32. The quantitative estimate of drug-likeness (QED) is 0.696. The molecule has 4 rings (SSSR count). The van der Waals surface area contributed by atoms with Crippen LogP contribution in [0.15, 0.2) is 35.9 Å². The van der Waals surface area contributed by atoms with E-state index in [1.807, 2.05) is 6.07 Å². The number of carbonyl (C=O) groups is 1. The lowest BCUT2D eigenvalue weighted by Crippen LogP contribution is -2.32. The minimum Gasteiger partial charge on any atom is -0.299 e. The van der Waals surface area contributed by atoms with Gasteiger partial charge < -0.3 is 0 Å². The second-order valence-electron chi connectivity index (χ2n) is 4.96. The molecule has 16 heavy (non-hydrogen) atoms. The van der Waals surface area contributed by atoms with Crippen molar-refractivity contribution < 1.29 is 4.79 Å². The van der Waals surface area contributed by atoms with Crippen molar-refractivity contribution in [1.82, 2.24) is 0 Å². The maximum Gasteiger partial charge on any atom is 0.140 e. The highest BCUT2D eigenvalue weighted by Crippen LogP contribution is 2.47. The molecule has 1 aromatic rings. The molecule has 1 saturated carbocycles. The molecule has 0 spiro atoms. The van der Waals surface area contributed by atoms with Crippen LogP contribution >= 0.6 is 0 Å². The topological polar surface area (TPSA) is 17.1 Å². The summed E-state index contributed by atoms with van der Waals surface area (Å²) in [4.78, 5) is 12.0. The van der Waals surface area contributed by atoms with Crippen molar-refractivity contribution in [2.75, 3.05) is 0 Å². The van der Waals surface area contributed by atoms with E-state index in [4.69, 9.17) is 0 Å².